The molecule has 5 atom stereocenters. The molecule has 0 N–H and O–H groups in total. The number of piperazine rings is 1. The summed E-state index contributed by atoms with van der Waals surface area (Å²) in [5.41, 5.74) is -1.39. The van der Waals surface area contributed by atoms with E-state index in [1.54, 1.807) is 53.8 Å². The van der Waals surface area contributed by atoms with Gasteiger partial charge in [-0.15, -0.1) is 0 Å². The van der Waals surface area contributed by atoms with Crippen LogP contribution < -0.4 is 0 Å². The smallest absolute Gasteiger partial charge is 0.314 e. The average molecular weight is 453 g/mol. The minimum Gasteiger partial charge on any atom is -0.459 e. The molecule has 1 spiro atoms. The Kier molecular flexibility index (Phi) is 4.34. The number of likely N-dealkylation sites (N-methyl/N-ethyl adjacent to an activating group) is 1. The Morgan fingerprint density at radius 1 is 1.20 bits per heavy atom. The van der Waals surface area contributed by atoms with E-state index >= 15 is 0 Å². The SMILES string of the molecule is CN1C(=O)[C@@]23C[C@](C)(C(=O)OC(C)(C)C)C(c4ccc(F)cc4)N2C(=O)[C@]1(C)S3=S. The maximum absolute atomic E-state index is 13.6. The van der Waals surface area contributed by atoms with Crippen LogP contribution in [0.4, 0.5) is 4.39 Å². The first-order chi connectivity index (χ1) is 13.7. The standard InChI is InChI=1S/C21H25FN2O4S2/c1-18(2,3)28-17(27)19(4)11-21-16(26)23(6)20(5,30(21)29)15(25)24(21)14(19)12-7-9-13(22)10-8-12/h7-10,14H,11H2,1-6H3/t14?,19-,20-,21-,30?/m0/s1. The lowest BCUT2D eigenvalue weighted by molar-refractivity contribution is -0.169. The molecule has 4 rings (SSSR count). The van der Waals surface area contributed by atoms with Gasteiger partial charge in [-0.3, -0.25) is 14.4 Å². The van der Waals surface area contributed by atoms with Gasteiger partial charge in [0.05, 0.1) is 11.5 Å². The summed E-state index contributed by atoms with van der Waals surface area (Å²) < 4.78 is 19.3. The molecular weight excluding hydrogens is 427 g/mol. The van der Waals surface area contributed by atoms with Crippen LogP contribution >= 0.6 is 0 Å². The second kappa shape index (κ2) is 6.09. The molecule has 3 aliphatic rings. The first-order valence-corrected chi connectivity index (χ1v) is 11.9. The normalized spacial score (nSPS) is 37.7. The second-order valence-corrected chi connectivity index (χ2v) is 12.6. The third-order valence-corrected chi connectivity index (χ3v) is 10.6. The minimum absolute atomic E-state index is 0.0775. The highest BCUT2D eigenvalue weighted by Crippen LogP contribution is 2.65. The van der Waals surface area contributed by atoms with Gasteiger partial charge in [0.25, 0.3) is 11.8 Å². The Bertz CT molecular complexity index is 1010. The number of hydrogen-bond acceptors (Lipinski definition) is 5. The number of rotatable bonds is 2. The van der Waals surface area contributed by atoms with Gasteiger partial charge in [-0.2, -0.15) is 0 Å². The Hall–Kier alpha value is -1.87. The predicted molar refractivity (Wildman–Crippen MR) is 113 cm³/mol. The lowest BCUT2D eigenvalue weighted by Crippen LogP contribution is -2.60. The summed E-state index contributed by atoms with van der Waals surface area (Å²) in [6, 6.07) is 4.91. The van der Waals surface area contributed by atoms with Gasteiger partial charge >= 0.3 is 5.97 Å². The van der Waals surface area contributed by atoms with Crippen molar-refractivity contribution in [3.8, 4) is 0 Å². The number of halogens is 1. The Balaban J connectivity index is 1.94. The van der Waals surface area contributed by atoms with Gasteiger partial charge in [0.2, 0.25) is 0 Å². The van der Waals surface area contributed by atoms with Crippen LogP contribution in [0.5, 0.6) is 0 Å². The molecule has 0 aromatic heterocycles. The molecule has 2 amide bonds. The third kappa shape index (κ3) is 2.39. The predicted octanol–water partition coefficient (Wildman–Crippen LogP) is 2.43. The molecule has 1 aromatic carbocycles. The van der Waals surface area contributed by atoms with E-state index < -0.39 is 48.0 Å². The van der Waals surface area contributed by atoms with Crippen LogP contribution in [0.25, 0.3) is 0 Å². The van der Waals surface area contributed by atoms with E-state index in [1.165, 1.54) is 21.9 Å². The largest absolute Gasteiger partial charge is 0.459 e. The monoisotopic (exact) mass is 452 g/mol. The van der Waals surface area contributed by atoms with Crippen molar-refractivity contribution >= 4 is 38.4 Å². The molecular formula is C21H25FN2O4S2. The van der Waals surface area contributed by atoms with E-state index in [1.807, 2.05) is 0 Å². The highest BCUT2D eigenvalue weighted by Gasteiger charge is 2.81. The van der Waals surface area contributed by atoms with E-state index in [-0.39, 0.29) is 18.2 Å². The maximum Gasteiger partial charge on any atom is 0.314 e. The van der Waals surface area contributed by atoms with Crippen LogP contribution in [0.1, 0.15) is 52.6 Å². The van der Waals surface area contributed by atoms with E-state index in [2.05, 4.69) is 0 Å². The number of nitrogens with zero attached hydrogens (tertiary/aromatic N) is 2. The lowest BCUT2D eigenvalue weighted by atomic mass is 9.78. The van der Waals surface area contributed by atoms with Crippen molar-refractivity contribution in [3.63, 3.8) is 0 Å². The van der Waals surface area contributed by atoms with Gasteiger partial charge in [0.15, 0.2) is 9.74 Å². The quantitative estimate of drug-likeness (QED) is 0.645. The Morgan fingerprint density at radius 2 is 1.77 bits per heavy atom. The van der Waals surface area contributed by atoms with Gasteiger partial charge < -0.3 is 14.5 Å². The van der Waals surface area contributed by atoms with Crippen LogP contribution in [0.3, 0.4) is 0 Å². The molecule has 0 radical (unpaired) electrons. The number of ether oxygens (including phenoxy) is 1. The highest BCUT2D eigenvalue weighted by molar-refractivity contribution is 8.31. The third-order valence-electron chi connectivity index (χ3n) is 6.47. The molecule has 0 aliphatic carbocycles. The van der Waals surface area contributed by atoms with Crippen molar-refractivity contribution in [3.05, 3.63) is 35.6 Å². The minimum atomic E-state index is -1.28. The molecule has 3 aliphatic heterocycles. The number of hydrogen-bond donors (Lipinski definition) is 0. The fourth-order valence-electron chi connectivity index (χ4n) is 4.96. The van der Waals surface area contributed by atoms with Gasteiger partial charge in [-0.05, 0) is 63.5 Å². The Morgan fingerprint density at radius 3 is 2.30 bits per heavy atom. The van der Waals surface area contributed by atoms with Crippen molar-refractivity contribution in [2.24, 2.45) is 5.41 Å². The van der Waals surface area contributed by atoms with Crippen molar-refractivity contribution < 1.29 is 23.5 Å². The van der Waals surface area contributed by atoms with E-state index in [4.69, 9.17) is 15.9 Å². The zero-order chi connectivity index (χ0) is 22.4. The number of benzene rings is 1. The summed E-state index contributed by atoms with van der Waals surface area (Å²) in [6.45, 7) is 8.71. The van der Waals surface area contributed by atoms with Crippen LogP contribution in [0.2, 0.25) is 0 Å². The van der Waals surface area contributed by atoms with Gasteiger partial charge in [-0.25, -0.2) is 4.39 Å². The fourth-order valence-corrected chi connectivity index (χ4v) is 8.48. The number of carbonyl (C=O) groups excluding carboxylic acids is 3. The molecule has 2 unspecified atom stereocenters. The summed E-state index contributed by atoms with van der Waals surface area (Å²) in [4.78, 5) is 41.0. The number of fused-ring (bicyclic) bond motifs is 1. The van der Waals surface area contributed by atoms with Crippen LogP contribution in [0, 0.1) is 11.2 Å². The van der Waals surface area contributed by atoms with E-state index in [0.29, 0.717) is 5.56 Å². The number of amides is 2. The van der Waals surface area contributed by atoms with Crippen molar-refractivity contribution in [2.75, 3.05) is 7.05 Å². The first kappa shape index (κ1) is 21.4. The molecule has 6 nitrogen and oxygen atoms in total. The summed E-state index contributed by atoms with van der Waals surface area (Å²) in [5, 5.41) is 0. The lowest BCUT2D eigenvalue weighted by Gasteiger charge is -2.40. The van der Waals surface area contributed by atoms with E-state index in [9.17, 15) is 18.8 Å². The average Bonchev–Trinajstić information content (AvgIpc) is 3.08. The van der Waals surface area contributed by atoms with Gasteiger partial charge in [-0.1, -0.05) is 21.6 Å². The van der Waals surface area contributed by atoms with Crippen molar-refractivity contribution in [1.82, 2.24) is 9.80 Å². The molecule has 1 aromatic rings. The molecule has 3 saturated heterocycles. The van der Waals surface area contributed by atoms with Crippen LogP contribution in [-0.4, -0.2) is 50.0 Å². The zero-order valence-electron chi connectivity index (χ0n) is 17.8. The number of esters is 1. The topological polar surface area (TPSA) is 66.9 Å². The zero-order valence-corrected chi connectivity index (χ0v) is 19.4. The molecule has 9 heteroatoms. The molecule has 2 bridgehead atoms. The molecule has 162 valence electrons. The fraction of sp³-hybridized carbons (Fsp3) is 0.571. The van der Waals surface area contributed by atoms with E-state index in [0.717, 1.165) is 0 Å². The first-order valence-electron chi connectivity index (χ1n) is 9.74. The maximum atomic E-state index is 13.6. The summed E-state index contributed by atoms with van der Waals surface area (Å²) in [5.74, 6) is -1.45. The number of carbonyl (C=O) groups is 3. The van der Waals surface area contributed by atoms with Crippen LogP contribution in [-0.2, 0) is 39.8 Å². The van der Waals surface area contributed by atoms with Crippen molar-refractivity contribution in [1.29, 1.82) is 0 Å². The molecule has 0 saturated carbocycles. The molecule has 3 heterocycles. The second-order valence-electron chi connectivity index (χ2n) is 9.63. The summed E-state index contributed by atoms with van der Waals surface area (Å²) in [6.07, 6.45) is 0.0775. The van der Waals surface area contributed by atoms with Gasteiger partial charge in [0.1, 0.15) is 11.4 Å². The summed E-state index contributed by atoms with van der Waals surface area (Å²) in [7, 11) is 0.528. The van der Waals surface area contributed by atoms with Crippen molar-refractivity contribution in [2.45, 2.75) is 62.4 Å². The highest BCUT2D eigenvalue weighted by atomic mass is 32.8. The van der Waals surface area contributed by atoms with Gasteiger partial charge in [0, 0.05) is 13.5 Å². The summed E-state index contributed by atoms with van der Waals surface area (Å²) >= 11 is 5.80. The molecule has 30 heavy (non-hydrogen) atoms. The van der Waals surface area contributed by atoms with Crippen LogP contribution in [0.15, 0.2) is 24.3 Å². The molecule has 3 fully saturated rings. The Labute approximate surface area is 182 Å².